The van der Waals surface area contributed by atoms with Crippen molar-refractivity contribution in [1.29, 1.82) is 0 Å². The smallest absolute Gasteiger partial charge is 0.130 e. The van der Waals surface area contributed by atoms with Gasteiger partial charge in [0.1, 0.15) is 12.1 Å². The number of carbonyl (C=O) groups is 1. The number of anilines is 1. The van der Waals surface area contributed by atoms with Crippen molar-refractivity contribution in [2.75, 3.05) is 24.5 Å². The van der Waals surface area contributed by atoms with Gasteiger partial charge in [0, 0.05) is 37.6 Å². The van der Waals surface area contributed by atoms with Crippen LogP contribution in [0.15, 0.2) is 12.4 Å². The highest BCUT2D eigenvalue weighted by molar-refractivity contribution is 5.44. The molecular formula is C25H44N4O. The largest absolute Gasteiger partial charge is 0.366 e. The van der Waals surface area contributed by atoms with Crippen LogP contribution in [0.3, 0.4) is 0 Å². The number of hydrogen-bond donors (Lipinski definition) is 0. The molecule has 170 valence electrons. The Morgan fingerprint density at radius 3 is 2.13 bits per heavy atom. The highest BCUT2D eigenvalue weighted by atomic mass is 16.1. The molecule has 3 fully saturated rings. The molecule has 1 saturated heterocycles. The van der Waals surface area contributed by atoms with Crippen LogP contribution < -0.4 is 4.90 Å². The average molecular weight is 417 g/mol. The maximum Gasteiger partial charge on any atom is 0.130 e. The van der Waals surface area contributed by atoms with E-state index in [4.69, 9.17) is 4.79 Å². The fraction of sp³-hybridized carbons (Fsp3) is 0.800. The van der Waals surface area contributed by atoms with E-state index in [1.165, 1.54) is 64.1 Å². The highest BCUT2D eigenvalue weighted by Gasteiger charge is 2.47. The second kappa shape index (κ2) is 11.8. The molecule has 1 unspecified atom stereocenters. The van der Waals surface area contributed by atoms with Gasteiger partial charge in [-0.3, -0.25) is 4.90 Å². The first-order valence-electron chi connectivity index (χ1n) is 12.2. The van der Waals surface area contributed by atoms with Gasteiger partial charge < -0.3 is 9.69 Å². The van der Waals surface area contributed by atoms with Gasteiger partial charge in [-0.05, 0) is 44.9 Å². The number of carbonyl (C=O) groups excluding carboxylic acids is 1. The summed E-state index contributed by atoms with van der Waals surface area (Å²) in [7, 11) is 0. The van der Waals surface area contributed by atoms with E-state index in [1.807, 2.05) is 26.2 Å². The zero-order valence-corrected chi connectivity index (χ0v) is 20.2. The minimum Gasteiger partial charge on any atom is -0.366 e. The molecule has 1 spiro atoms. The molecule has 2 aliphatic carbocycles. The normalized spacial score (nSPS) is 23.7. The molecule has 0 bridgehead atoms. The van der Waals surface area contributed by atoms with Crippen LogP contribution in [0.5, 0.6) is 0 Å². The van der Waals surface area contributed by atoms with Gasteiger partial charge in [-0.1, -0.05) is 47.0 Å². The lowest BCUT2D eigenvalue weighted by atomic mass is 9.58. The number of piperazine rings is 1. The minimum atomic E-state index is 0.399. The number of aromatic nitrogens is 2. The Bertz CT molecular complexity index is 617. The third kappa shape index (κ3) is 6.03. The standard InChI is InChI=1S/C21H34N4.C2H4O.C2H6/c1-16(2)20-22-13-19(14-23-20)24-9-10-25(17(3)15-24)18-11-21(12-18)7-5-4-6-8-21;1-2-3;1-2/h13-14,16-18H,4-12,15H2,1-3H3;2H,1H3;1-2H3. The lowest BCUT2D eigenvalue weighted by Gasteiger charge is -2.57. The zero-order chi connectivity index (χ0) is 22.1. The van der Waals surface area contributed by atoms with Crippen molar-refractivity contribution in [3.63, 3.8) is 0 Å². The Morgan fingerprint density at radius 1 is 1.07 bits per heavy atom. The van der Waals surface area contributed by atoms with Gasteiger partial charge in [0.05, 0.1) is 18.1 Å². The van der Waals surface area contributed by atoms with E-state index in [9.17, 15) is 0 Å². The van der Waals surface area contributed by atoms with Crippen LogP contribution in [0.2, 0.25) is 0 Å². The van der Waals surface area contributed by atoms with E-state index in [2.05, 4.69) is 40.5 Å². The zero-order valence-electron chi connectivity index (χ0n) is 20.2. The Kier molecular flexibility index (Phi) is 9.73. The second-order valence-electron chi connectivity index (χ2n) is 9.35. The predicted molar refractivity (Wildman–Crippen MR) is 126 cm³/mol. The van der Waals surface area contributed by atoms with Gasteiger partial charge in [-0.2, -0.15) is 0 Å². The monoisotopic (exact) mass is 416 g/mol. The summed E-state index contributed by atoms with van der Waals surface area (Å²) in [6.45, 7) is 15.5. The summed E-state index contributed by atoms with van der Waals surface area (Å²) in [6, 6.07) is 1.47. The van der Waals surface area contributed by atoms with Crippen molar-refractivity contribution in [3.05, 3.63) is 18.2 Å². The van der Waals surface area contributed by atoms with Crippen molar-refractivity contribution >= 4 is 12.0 Å². The van der Waals surface area contributed by atoms with E-state index in [0.29, 0.717) is 12.0 Å². The summed E-state index contributed by atoms with van der Waals surface area (Å²) >= 11 is 0. The van der Waals surface area contributed by atoms with Crippen molar-refractivity contribution in [2.45, 2.75) is 104 Å². The van der Waals surface area contributed by atoms with Crippen molar-refractivity contribution < 1.29 is 4.79 Å². The molecule has 2 heterocycles. The summed E-state index contributed by atoms with van der Waals surface area (Å²) in [5.74, 6) is 1.35. The van der Waals surface area contributed by atoms with E-state index in [0.717, 1.165) is 36.7 Å². The van der Waals surface area contributed by atoms with Gasteiger partial charge >= 0.3 is 0 Å². The molecule has 5 nitrogen and oxygen atoms in total. The molecule has 1 aromatic rings. The van der Waals surface area contributed by atoms with Gasteiger partial charge in [0.25, 0.3) is 0 Å². The van der Waals surface area contributed by atoms with Crippen molar-refractivity contribution in [3.8, 4) is 0 Å². The topological polar surface area (TPSA) is 49.3 Å². The number of aldehydes is 1. The lowest BCUT2D eigenvalue weighted by molar-refractivity contribution is -0.106. The quantitative estimate of drug-likeness (QED) is 0.613. The first-order chi connectivity index (χ1) is 14.5. The Balaban J connectivity index is 0.000000590. The maximum atomic E-state index is 8.81. The van der Waals surface area contributed by atoms with Crippen LogP contribution in [-0.4, -0.2) is 52.9 Å². The molecule has 2 saturated carbocycles. The van der Waals surface area contributed by atoms with E-state index >= 15 is 0 Å². The SMILES string of the molecule is CC.CC(C)c1ncc(N2CCN(C3CC4(CCCCC4)C3)C(C)C2)cn1.CC=O. The lowest BCUT2D eigenvalue weighted by Crippen LogP contribution is -2.61. The maximum absolute atomic E-state index is 8.81. The molecule has 1 atom stereocenters. The molecule has 5 heteroatoms. The summed E-state index contributed by atoms with van der Waals surface area (Å²) in [5, 5.41) is 0. The second-order valence-corrected chi connectivity index (χ2v) is 9.35. The van der Waals surface area contributed by atoms with Crippen molar-refractivity contribution in [1.82, 2.24) is 14.9 Å². The molecule has 4 rings (SSSR count). The van der Waals surface area contributed by atoms with Crippen LogP contribution in [0, 0.1) is 5.41 Å². The molecule has 0 aromatic carbocycles. The molecule has 0 radical (unpaired) electrons. The third-order valence-corrected chi connectivity index (χ3v) is 6.94. The molecular weight excluding hydrogens is 372 g/mol. The number of rotatable bonds is 3. The molecule has 1 aliphatic heterocycles. The van der Waals surface area contributed by atoms with E-state index < -0.39 is 0 Å². The van der Waals surface area contributed by atoms with Crippen LogP contribution in [0.25, 0.3) is 0 Å². The molecule has 30 heavy (non-hydrogen) atoms. The molecule has 1 aromatic heterocycles. The highest BCUT2D eigenvalue weighted by Crippen LogP contribution is 2.53. The number of nitrogens with zero attached hydrogens (tertiary/aromatic N) is 4. The predicted octanol–water partition coefficient (Wildman–Crippen LogP) is 5.45. The van der Waals surface area contributed by atoms with Crippen molar-refractivity contribution in [2.24, 2.45) is 5.41 Å². The summed E-state index contributed by atoms with van der Waals surface area (Å²) in [6.07, 6.45) is 15.1. The average Bonchev–Trinajstić information content (AvgIpc) is 2.75. The Hall–Kier alpha value is -1.49. The van der Waals surface area contributed by atoms with Crippen LogP contribution in [-0.2, 0) is 4.79 Å². The van der Waals surface area contributed by atoms with Crippen LogP contribution in [0.1, 0.15) is 98.2 Å². The summed E-state index contributed by atoms with van der Waals surface area (Å²) < 4.78 is 0. The Morgan fingerprint density at radius 2 is 1.63 bits per heavy atom. The molecule has 0 amide bonds. The molecule has 3 aliphatic rings. The first kappa shape index (κ1) is 24.8. The summed E-state index contributed by atoms with van der Waals surface area (Å²) in [4.78, 5) is 23.2. The van der Waals surface area contributed by atoms with Gasteiger partial charge in [-0.15, -0.1) is 0 Å². The van der Waals surface area contributed by atoms with Gasteiger partial charge in [0.15, 0.2) is 0 Å². The Labute approximate surface area is 184 Å². The molecule has 0 N–H and O–H groups in total. The van der Waals surface area contributed by atoms with Gasteiger partial charge in [0.2, 0.25) is 0 Å². The fourth-order valence-corrected chi connectivity index (χ4v) is 5.43. The van der Waals surface area contributed by atoms with Gasteiger partial charge in [-0.25, -0.2) is 9.97 Å². The fourth-order valence-electron chi connectivity index (χ4n) is 5.43. The third-order valence-electron chi connectivity index (χ3n) is 6.94. The van der Waals surface area contributed by atoms with E-state index in [-0.39, 0.29) is 0 Å². The summed E-state index contributed by atoms with van der Waals surface area (Å²) in [5.41, 5.74) is 1.92. The van der Waals surface area contributed by atoms with E-state index in [1.54, 1.807) is 0 Å². The number of hydrogen-bond acceptors (Lipinski definition) is 5. The van der Waals surface area contributed by atoms with Crippen LogP contribution in [0.4, 0.5) is 5.69 Å². The minimum absolute atomic E-state index is 0.399. The van der Waals surface area contributed by atoms with Crippen LogP contribution >= 0.6 is 0 Å². The first-order valence-corrected chi connectivity index (χ1v) is 12.2.